The second-order valence-corrected chi connectivity index (χ2v) is 7.41. The Labute approximate surface area is 107 Å². The molecule has 6 nitrogen and oxygen atoms in total. The number of nitrogens with one attached hydrogen (secondary N) is 1. The van der Waals surface area contributed by atoms with Crippen LogP contribution in [0.15, 0.2) is 17.6 Å². The van der Waals surface area contributed by atoms with Crippen LogP contribution in [0, 0.1) is 0 Å². The van der Waals surface area contributed by atoms with Crippen molar-refractivity contribution in [1.82, 2.24) is 14.9 Å². The number of hydrogen-bond donors (Lipinski definition) is 1. The molecule has 0 aromatic carbocycles. The van der Waals surface area contributed by atoms with Crippen LogP contribution in [-0.2, 0) is 21.7 Å². The van der Waals surface area contributed by atoms with Crippen molar-refractivity contribution in [3.8, 4) is 0 Å². The maximum Gasteiger partial charge on any atom is 0.238 e. The summed E-state index contributed by atoms with van der Waals surface area (Å²) in [6, 6.07) is 0. The number of aromatic nitrogens is 2. The Morgan fingerprint density at radius 1 is 1.44 bits per heavy atom. The minimum absolute atomic E-state index is 0.0981. The van der Waals surface area contributed by atoms with Crippen molar-refractivity contribution in [3.63, 3.8) is 0 Å². The van der Waals surface area contributed by atoms with Gasteiger partial charge < -0.3 is 9.88 Å². The SMILES string of the molecule is CC(C(=O)NC(C)(C)C)S(=O)(=O)c1nccn1C. The van der Waals surface area contributed by atoms with E-state index in [-0.39, 0.29) is 5.16 Å². The summed E-state index contributed by atoms with van der Waals surface area (Å²) in [6.45, 7) is 6.76. The number of hydrogen-bond acceptors (Lipinski definition) is 4. The van der Waals surface area contributed by atoms with E-state index in [1.165, 1.54) is 23.9 Å². The Morgan fingerprint density at radius 2 is 2.00 bits per heavy atom. The van der Waals surface area contributed by atoms with Crippen LogP contribution < -0.4 is 5.32 Å². The fraction of sp³-hybridized carbons (Fsp3) is 0.636. The topological polar surface area (TPSA) is 81.1 Å². The molecule has 18 heavy (non-hydrogen) atoms. The third kappa shape index (κ3) is 3.10. The molecule has 0 aliphatic rings. The maximum atomic E-state index is 12.2. The van der Waals surface area contributed by atoms with E-state index in [9.17, 15) is 13.2 Å². The lowest BCUT2D eigenvalue weighted by molar-refractivity contribution is -0.121. The molecule has 0 fully saturated rings. The van der Waals surface area contributed by atoms with Gasteiger partial charge in [0, 0.05) is 25.0 Å². The minimum Gasteiger partial charge on any atom is -0.350 e. The van der Waals surface area contributed by atoms with Crippen LogP contribution in [0.4, 0.5) is 0 Å². The maximum absolute atomic E-state index is 12.2. The van der Waals surface area contributed by atoms with Crippen molar-refractivity contribution in [2.75, 3.05) is 0 Å². The number of amides is 1. The molecule has 1 N–H and O–H groups in total. The fourth-order valence-corrected chi connectivity index (χ4v) is 2.72. The van der Waals surface area contributed by atoms with Gasteiger partial charge in [0.2, 0.25) is 20.9 Å². The molecule has 0 saturated carbocycles. The van der Waals surface area contributed by atoms with Gasteiger partial charge in [0.15, 0.2) is 0 Å². The van der Waals surface area contributed by atoms with Gasteiger partial charge in [0.25, 0.3) is 0 Å². The number of nitrogens with zero attached hydrogens (tertiary/aromatic N) is 2. The lowest BCUT2D eigenvalue weighted by Gasteiger charge is -2.23. The van der Waals surface area contributed by atoms with Gasteiger partial charge in [-0.05, 0) is 27.7 Å². The lowest BCUT2D eigenvalue weighted by Crippen LogP contribution is -2.47. The quantitative estimate of drug-likeness (QED) is 0.869. The number of sulfone groups is 1. The summed E-state index contributed by atoms with van der Waals surface area (Å²) in [5.41, 5.74) is -0.470. The molecule has 1 amide bonds. The second-order valence-electron chi connectivity index (χ2n) is 5.25. The fourth-order valence-electron chi connectivity index (χ4n) is 1.40. The molecular weight excluding hydrogens is 254 g/mol. The van der Waals surface area contributed by atoms with Crippen molar-refractivity contribution < 1.29 is 13.2 Å². The van der Waals surface area contributed by atoms with E-state index >= 15 is 0 Å². The highest BCUT2D eigenvalue weighted by atomic mass is 32.2. The van der Waals surface area contributed by atoms with Gasteiger partial charge in [0.1, 0.15) is 5.25 Å². The van der Waals surface area contributed by atoms with E-state index in [1.807, 2.05) is 0 Å². The first kappa shape index (κ1) is 14.7. The molecule has 0 aliphatic carbocycles. The molecule has 1 unspecified atom stereocenters. The molecule has 7 heteroatoms. The Bertz CT molecular complexity index is 540. The molecule has 1 aromatic rings. The predicted octanol–water partition coefficient (Wildman–Crippen LogP) is 0.497. The van der Waals surface area contributed by atoms with E-state index in [2.05, 4.69) is 10.3 Å². The molecule has 1 rings (SSSR count). The summed E-state index contributed by atoms with van der Waals surface area (Å²) in [4.78, 5) is 15.7. The lowest BCUT2D eigenvalue weighted by atomic mass is 10.1. The summed E-state index contributed by atoms with van der Waals surface area (Å²) < 4.78 is 25.8. The van der Waals surface area contributed by atoms with Crippen LogP contribution in [0.3, 0.4) is 0 Å². The van der Waals surface area contributed by atoms with E-state index in [0.717, 1.165) is 0 Å². The zero-order valence-corrected chi connectivity index (χ0v) is 12.1. The minimum atomic E-state index is -3.76. The average Bonchev–Trinajstić information content (AvgIpc) is 2.61. The normalized spacial score (nSPS) is 14.3. The van der Waals surface area contributed by atoms with Gasteiger partial charge >= 0.3 is 0 Å². The highest BCUT2D eigenvalue weighted by molar-refractivity contribution is 7.92. The zero-order valence-electron chi connectivity index (χ0n) is 11.3. The van der Waals surface area contributed by atoms with E-state index < -0.39 is 26.5 Å². The molecule has 1 heterocycles. The molecule has 0 saturated heterocycles. The van der Waals surface area contributed by atoms with Gasteiger partial charge in [-0.1, -0.05) is 0 Å². The second kappa shape index (κ2) is 4.72. The third-order valence-electron chi connectivity index (χ3n) is 2.36. The van der Waals surface area contributed by atoms with Crippen molar-refractivity contribution in [2.24, 2.45) is 7.05 Å². The van der Waals surface area contributed by atoms with Crippen LogP contribution in [0.5, 0.6) is 0 Å². The van der Waals surface area contributed by atoms with E-state index in [4.69, 9.17) is 0 Å². The Morgan fingerprint density at radius 3 is 2.39 bits per heavy atom. The predicted molar refractivity (Wildman–Crippen MR) is 67.8 cm³/mol. The average molecular weight is 273 g/mol. The Kier molecular flexibility index (Phi) is 3.85. The number of carbonyl (C=O) groups is 1. The Balaban J connectivity index is 3.01. The molecule has 0 spiro atoms. The van der Waals surface area contributed by atoms with Gasteiger partial charge in [-0.15, -0.1) is 0 Å². The first-order valence-electron chi connectivity index (χ1n) is 5.59. The van der Waals surface area contributed by atoms with Crippen LogP contribution in [0.2, 0.25) is 0 Å². The summed E-state index contributed by atoms with van der Waals surface area (Å²) >= 11 is 0. The molecule has 0 radical (unpaired) electrons. The first-order valence-corrected chi connectivity index (χ1v) is 7.13. The molecule has 1 aromatic heterocycles. The number of rotatable bonds is 3. The first-order chi connectivity index (χ1) is 8.05. The van der Waals surface area contributed by atoms with Crippen LogP contribution in [0.1, 0.15) is 27.7 Å². The van der Waals surface area contributed by atoms with E-state index in [0.29, 0.717) is 0 Å². The molecular formula is C11H19N3O3S. The third-order valence-corrected chi connectivity index (χ3v) is 4.41. The molecule has 0 bridgehead atoms. The molecule has 102 valence electrons. The summed E-state index contributed by atoms with van der Waals surface area (Å²) in [5, 5.41) is 1.38. The van der Waals surface area contributed by atoms with Gasteiger partial charge in [-0.25, -0.2) is 13.4 Å². The zero-order chi connectivity index (χ0) is 14.1. The highest BCUT2D eigenvalue weighted by Crippen LogP contribution is 2.14. The molecule has 1 atom stereocenters. The summed E-state index contributed by atoms with van der Waals surface area (Å²) in [5.74, 6) is -0.523. The smallest absolute Gasteiger partial charge is 0.238 e. The van der Waals surface area contributed by atoms with Crippen molar-refractivity contribution in [2.45, 2.75) is 43.6 Å². The largest absolute Gasteiger partial charge is 0.350 e. The highest BCUT2D eigenvalue weighted by Gasteiger charge is 2.34. The molecule has 0 aliphatic heterocycles. The van der Waals surface area contributed by atoms with Gasteiger partial charge in [0.05, 0.1) is 0 Å². The van der Waals surface area contributed by atoms with Crippen molar-refractivity contribution in [1.29, 1.82) is 0 Å². The van der Waals surface area contributed by atoms with Gasteiger partial charge in [-0.2, -0.15) is 0 Å². The van der Waals surface area contributed by atoms with Crippen LogP contribution in [0.25, 0.3) is 0 Å². The van der Waals surface area contributed by atoms with Crippen LogP contribution >= 0.6 is 0 Å². The standard InChI is InChI=1S/C11H19N3O3S/c1-8(9(15)13-11(2,3)4)18(16,17)10-12-6-7-14(10)5/h6-8H,1-5H3,(H,13,15). The van der Waals surface area contributed by atoms with Crippen LogP contribution in [-0.4, -0.2) is 34.7 Å². The number of aryl methyl sites for hydroxylation is 1. The van der Waals surface area contributed by atoms with Gasteiger partial charge in [-0.3, -0.25) is 4.79 Å². The van der Waals surface area contributed by atoms with E-state index in [1.54, 1.807) is 27.8 Å². The van der Waals surface area contributed by atoms with Crippen molar-refractivity contribution >= 4 is 15.7 Å². The number of carbonyl (C=O) groups excluding carboxylic acids is 1. The summed E-state index contributed by atoms with van der Waals surface area (Å²) in [7, 11) is -2.18. The monoisotopic (exact) mass is 273 g/mol. The number of imidazole rings is 1. The van der Waals surface area contributed by atoms with Crippen molar-refractivity contribution in [3.05, 3.63) is 12.4 Å². The summed E-state index contributed by atoms with van der Waals surface area (Å²) in [6.07, 6.45) is 2.92. The Hall–Kier alpha value is -1.37.